The van der Waals surface area contributed by atoms with Gasteiger partial charge in [0.05, 0.1) is 6.10 Å². The molecule has 1 spiro atoms. The molecule has 7 heteroatoms. The molecule has 25 heavy (non-hydrogen) atoms. The third-order valence-corrected chi connectivity index (χ3v) is 6.02. The van der Waals surface area contributed by atoms with Crippen LogP contribution in [0.3, 0.4) is 0 Å². The number of carbonyl (C=O) groups excluding carboxylic acids is 1. The van der Waals surface area contributed by atoms with Crippen molar-refractivity contribution in [2.45, 2.75) is 44.6 Å². The summed E-state index contributed by atoms with van der Waals surface area (Å²) in [6.45, 7) is 4.41. The van der Waals surface area contributed by atoms with Crippen molar-refractivity contribution in [2.75, 3.05) is 43.4 Å². The predicted molar refractivity (Wildman–Crippen MR) is 95.1 cm³/mol. The van der Waals surface area contributed by atoms with E-state index in [9.17, 15) is 4.79 Å². The second kappa shape index (κ2) is 6.78. The molecule has 3 saturated heterocycles. The molecule has 3 aliphatic rings. The summed E-state index contributed by atoms with van der Waals surface area (Å²) >= 11 is 0. The molecule has 1 aromatic heterocycles. The van der Waals surface area contributed by atoms with Gasteiger partial charge >= 0.3 is 0 Å². The van der Waals surface area contributed by atoms with Gasteiger partial charge in [-0.1, -0.05) is 0 Å². The number of amides is 1. The number of rotatable bonds is 3. The molecule has 3 fully saturated rings. The van der Waals surface area contributed by atoms with Gasteiger partial charge in [-0.2, -0.15) is 0 Å². The van der Waals surface area contributed by atoms with E-state index in [2.05, 4.69) is 19.8 Å². The zero-order valence-corrected chi connectivity index (χ0v) is 14.7. The van der Waals surface area contributed by atoms with Crippen LogP contribution in [0.2, 0.25) is 0 Å². The first-order valence-corrected chi connectivity index (χ1v) is 9.35. The maximum atomic E-state index is 12.4. The van der Waals surface area contributed by atoms with Gasteiger partial charge in [-0.3, -0.25) is 4.79 Å². The fourth-order valence-corrected chi connectivity index (χ4v) is 4.46. The molecular formula is C18H27N5O2. The van der Waals surface area contributed by atoms with Crippen LogP contribution in [0, 0.1) is 5.41 Å². The summed E-state index contributed by atoms with van der Waals surface area (Å²) in [5, 5.41) is 0. The molecule has 7 nitrogen and oxygen atoms in total. The van der Waals surface area contributed by atoms with Gasteiger partial charge in [-0.15, -0.1) is 0 Å². The van der Waals surface area contributed by atoms with Crippen molar-refractivity contribution in [1.29, 1.82) is 0 Å². The number of carbonyl (C=O) groups is 1. The highest BCUT2D eigenvalue weighted by molar-refractivity contribution is 5.77. The number of aromatic nitrogens is 2. The van der Waals surface area contributed by atoms with E-state index >= 15 is 0 Å². The van der Waals surface area contributed by atoms with Crippen LogP contribution in [0.25, 0.3) is 0 Å². The lowest BCUT2D eigenvalue weighted by Gasteiger charge is -2.48. The van der Waals surface area contributed by atoms with Crippen LogP contribution < -0.4 is 10.6 Å². The maximum Gasteiger partial charge on any atom is 0.222 e. The van der Waals surface area contributed by atoms with Crippen LogP contribution in [0.1, 0.15) is 38.5 Å². The summed E-state index contributed by atoms with van der Waals surface area (Å²) in [5.41, 5.74) is 6.03. The molecule has 0 aromatic carbocycles. The van der Waals surface area contributed by atoms with Crippen molar-refractivity contribution in [3.8, 4) is 0 Å². The Balaban J connectivity index is 1.38. The molecule has 0 radical (unpaired) electrons. The summed E-state index contributed by atoms with van der Waals surface area (Å²) in [6.07, 6.45) is 7.83. The Kier molecular flexibility index (Phi) is 4.50. The molecule has 0 saturated carbocycles. The third-order valence-electron chi connectivity index (χ3n) is 6.02. The molecule has 2 N–H and O–H groups in total. The molecule has 136 valence electrons. The highest BCUT2D eigenvalue weighted by Crippen LogP contribution is 2.41. The number of hydrogen-bond acceptors (Lipinski definition) is 6. The Hall–Kier alpha value is -1.89. The molecule has 1 amide bonds. The van der Waals surface area contributed by atoms with E-state index in [0.717, 1.165) is 70.7 Å². The smallest absolute Gasteiger partial charge is 0.222 e. The molecule has 0 aliphatic carbocycles. The highest BCUT2D eigenvalue weighted by atomic mass is 16.5. The van der Waals surface area contributed by atoms with Gasteiger partial charge in [0.25, 0.3) is 0 Å². The quantitative estimate of drug-likeness (QED) is 0.892. The number of piperidine rings is 2. The van der Waals surface area contributed by atoms with Gasteiger partial charge in [-0.05, 0) is 37.5 Å². The number of nitrogens with zero attached hydrogens (tertiary/aromatic N) is 4. The zero-order valence-electron chi connectivity index (χ0n) is 14.7. The first kappa shape index (κ1) is 16.6. The topological polar surface area (TPSA) is 84.6 Å². The standard InChI is InChI=1S/C18H27N5O2/c19-15-10-16(21-13-20-15)22-7-5-18(6-8-22)4-3-17(24)23(12-18)11-14-2-1-9-25-14/h10,13-14H,1-9,11-12H2,(H2,19,20,21)/t14-/m1/s1. The summed E-state index contributed by atoms with van der Waals surface area (Å²) in [7, 11) is 0. The summed E-state index contributed by atoms with van der Waals surface area (Å²) in [6, 6.07) is 1.84. The molecule has 0 bridgehead atoms. The second-order valence-corrected chi connectivity index (χ2v) is 7.70. The number of nitrogen functional groups attached to an aromatic ring is 1. The normalized spacial score (nSPS) is 26.4. The van der Waals surface area contributed by atoms with Crippen LogP contribution in [0.5, 0.6) is 0 Å². The first-order chi connectivity index (χ1) is 12.1. The van der Waals surface area contributed by atoms with Gasteiger partial charge in [0, 0.05) is 45.3 Å². The number of nitrogens with two attached hydrogens (primary N) is 1. The Morgan fingerprint density at radius 2 is 2.12 bits per heavy atom. The average molecular weight is 345 g/mol. The lowest BCUT2D eigenvalue weighted by molar-refractivity contribution is -0.140. The van der Waals surface area contributed by atoms with Crippen LogP contribution >= 0.6 is 0 Å². The number of hydrogen-bond donors (Lipinski definition) is 1. The molecule has 0 unspecified atom stereocenters. The minimum Gasteiger partial charge on any atom is -0.384 e. The Labute approximate surface area is 148 Å². The van der Waals surface area contributed by atoms with Crippen molar-refractivity contribution < 1.29 is 9.53 Å². The molecule has 4 rings (SSSR count). The number of likely N-dealkylation sites (tertiary alicyclic amines) is 1. The Bertz CT molecular complexity index is 624. The van der Waals surface area contributed by atoms with Gasteiger partial charge in [-0.25, -0.2) is 9.97 Å². The van der Waals surface area contributed by atoms with E-state index in [1.54, 1.807) is 0 Å². The summed E-state index contributed by atoms with van der Waals surface area (Å²) < 4.78 is 5.74. The fourth-order valence-electron chi connectivity index (χ4n) is 4.46. The fraction of sp³-hybridized carbons (Fsp3) is 0.722. The van der Waals surface area contributed by atoms with E-state index in [0.29, 0.717) is 18.1 Å². The second-order valence-electron chi connectivity index (χ2n) is 7.70. The zero-order chi connectivity index (χ0) is 17.3. The molecular weight excluding hydrogens is 318 g/mol. The lowest BCUT2D eigenvalue weighted by atomic mass is 9.72. The van der Waals surface area contributed by atoms with E-state index in [1.807, 2.05) is 6.07 Å². The Morgan fingerprint density at radius 1 is 1.28 bits per heavy atom. The van der Waals surface area contributed by atoms with Crippen molar-refractivity contribution in [3.63, 3.8) is 0 Å². The first-order valence-electron chi connectivity index (χ1n) is 9.35. The number of anilines is 2. The van der Waals surface area contributed by atoms with Crippen molar-refractivity contribution in [1.82, 2.24) is 14.9 Å². The minimum absolute atomic E-state index is 0.239. The molecule has 3 aliphatic heterocycles. The third kappa shape index (κ3) is 3.56. The molecule has 1 aromatic rings. The predicted octanol–water partition coefficient (Wildman–Crippen LogP) is 1.45. The van der Waals surface area contributed by atoms with Gasteiger partial charge < -0.3 is 20.3 Å². The minimum atomic E-state index is 0.239. The van der Waals surface area contributed by atoms with E-state index < -0.39 is 0 Å². The van der Waals surface area contributed by atoms with Crippen molar-refractivity contribution in [3.05, 3.63) is 12.4 Å². The summed E-state index contributed by atoms with van der Waals surface area (Å²) in [4.78, 5) is 25.0. The summed E-state index contributed by atoms with van der Waals surface area (Å²) in [5.74, 6) is 1.72. The van der Waals surface area contributed by atoms with Crippen molar-refractivity contribution >= 4 is 17.5 Å². The monoisotopic (exact) mass is 345 g/mol. The lowest BCUT2D eigenvalue weighted by Crippen LogP contribution is -2.53. The van der Waals surface area contributed by atoms with Crippen molar-refractivity contribution in [2.24, 2.45) is 5.41 Å². The molecule has 1 atom stereocenters. The largest absolute Gasteiger partial charge is 0.384 e. The van der Waals surface area contributed by atoms with Gasteiger partial charge in [0.15, 0.2) is 0 Å². The van der Waals surface area contributed by atoms with E-state index in [1.165, 1.54) is 6.33 Å². The highest BCUT2D eigenvalue weighted by Gasteiger charge is 2.41. The van der Waals surface area contributed by atoms with E-state index in [-0.39, 0.29) is 11.5 Å². The molecule has 4 heterocycles. The van der Waals surface area contributed by atoms with E-state index in [4.69, 9.17) is 10.5 Å². The van der Waals surface area contributed by atoms with Crippen LogP contribution in [-0.2, 0) is 9.53 Å². The average Bonchev–Trinajstić information content (AvgIpc) is 3.12. The van der Waals surface area contributed by atoms with Crippen LogP contribution in [0.4, 0.5) is 11.6 Å². The Morgan fingerprint density at radius 3 is 2.84 bits per heavy atom. The maximum absolute atomic E-state index is 12.4. The van der Waals surface area contributed by atoms with Gasteiger partial charge in [0.2, 0.25) is 5.91 Å². The van der Waals surface area contributed by atoms with Crippen LogP contribution in [-0.4, -0.2) is 59.7 Å². The van der Waals surface area contributed by atoms with Gasteiger partial charge in [0.1, 0.15) is 18.0 Å². The number of ether oxygens (including phenoxy) is 1. The van der Waals surface area contributed by atoms with Crippen LogP contribution in [0.15, 0.2) is 12.4 Å². The SMILES string of the molecule is Nc1cc(N2CCC3(CCC(=O)N(C[C@H]4CCCO4)C3)CC2)ncn1.